The standard InChI is InChI=1S/C15H13BrN2O3/c16-10-9-11-5-7-12(8-6-11)17-15(19)13-3-1-2-4-14(13)18(20)21/h1-8H,9-10H2,(H,17,19). The Kier molecular flexibility index (Phi) is 5.05. The molecule has 1 amide bonds. The van der Waals surface area contributed by atoms with Crippen molar-refractivity contribution in [2.24, 2.45) is 0 Å². The lowest BCUT2D eigenvalue weighted by Crippen LogP contribution is -2.13. The summed E-state index contributed by atoms with van der Waals surface area (Å²) < 4.78 is 0. The molecule has 0 saturated carbocycles. The van der Waals surface area contributed by atoms with Crippen molar-refractivity contribution < 1.29 is 9.72 Å². The summed E-state index contributed by atoms with van der Waals surface area (Å²) >= 11 is 3.36. The van der Waals surface area contributed by atoms with Gasteiger partial charge in [-0.2, -0.15) is 0 Å². The maximum Gasteiger partial charge on any atom is 0.282 e. The zero-order valence-corrected chi connectivity index (χ0v) is 12.7. The first-order valence-corrected chi connectivity index (χ1v) is 7.43. The van der Waals surface area contributed by atoms with E-state index >= 15 is 0 Å². The molecular formula is C15H13BrN2O3. The monoisotopic (exact) mass is 348 g/mol. The molecule has 2 aromatic rings. The summed E-state index contributed by atoms with van der Waals surface area (Å²) in [5.41, 5.74) is 1.60. The van der Waals surface area contributed by atoms with Crippen molar-refractivity contribution >= 4 is 33.2 Å². The van der Waals surface area contributed by atoms with Crippen LogP contribution in [0, 0.1) is 10.1 Å². The molecule has 1 N–H and O–H groups in total. The molecule has 2 aromatic carbocycles. The van der Waals surface area contributed by atoms with E-state index in [2.05, 4.69) is 21.2 Å². The smallest absolute Gasteiger partial charge is 0.282 e. The van der Waals surface area contributed by atoms with Gasteiger partial charge < -0.3 is 5.32 Å². The average Bonchev–Trinajstić information content (AvgIpc) is 2.49. The van der Waals surface area contributed by atoms with Crippen molar-refractivity contribution in [1.82, 2.24) is 0 Å². The molecule has 21 heavy (non-hydrogen) atoms. The van der Waals surface area contributed by atoms with E-state index in [1.165, 1.54) is 18.2 Å². The van der Waals surface area contributed by atoms with Gasteiger partial charge in [0.25, 0.3) is 11.6 Å². The third kappa shape index (κ3) is 3.88. The van der Waals surface area contributed by atoms with Gasteiger partial charge in [-0.15, -0.1) is 0 Å². The second-order valence-electron chi connectivity index (χ2n) is 4.36. The fraction of sp³-hybridized carbons (Fsp3) is 0.133. The Bertz CT molecular complexity index is 656. The van der Waals surface area contributed by atoms with Gasteiger partial charge in [-0.05, 0) is 30.2 Å². The van der Waals surface area contributed by atoms with Crippen molar-refractivity contribution in [3.05, 3.63) is 69.8 Å². The van der Waals surface area contributed by atoms with E-state index in [0.717, 1.165) is 17.3 Å². The molecule has 0 heterocycles. The van der Waals surface area contributed by atoms with E-state index in [-0.39, 0.29) is 11.3 Å². The van der Waals surface area contributed by atoms with E-state index in [0.29, 0.717) is 5.69 Å². The first kappa shape index (κ1) is 15.2. The average molecular weight is 349 g/mol. The number of nitrogens with zero attached hydrogens (tertiary/aromatic N) is 1. The predicted octanol–water partition coefficient (Wildman–Crippen LogP) is 3.78. The largest absolute Gasteiger partial charge is 0.322 e. The number of alkyl halides is 1. The number of amides is 1. The van der Waals surface area contributed by atoms with Crippen LogP contribution in [0.1, 0.15) is 15.9 Å². The zero-order chi connectivity index (χ0) is 15.2. The molecule has 0 bridgehead atoms. The Morgan fingerprint density at radius 1 is 1.14 bits per heavy atom. The molecule has 2 rings (SSSR count). The molecule has 0 aliphatic rings. The maximum absolute atomic E-state index is 12.1. The first-order chi connectivity index (χ1) is 10.1. The minimum absolute atomic E-state index is 0.0482. The number of aryl methyl sites for hydroxylation is 1. The fourth-order valence-corrected chi connectivity index (χ4v) is 2.34. The molecule has 0 atom stereocenters. The summed E-state index contributed by atoms with van der Waals surface area (Å²) in [5.74, 6) is -0.490. The molecule has 0 aliphatic heterocycles. The second kappa shape index (κ2) is 6.99. The summed E-state index contributed by atoms with van der Waals surface area (Å²) in [6.45, 7) is 0. The molecule has 0 aliphatic carbocycles. The van der Waals surface area contributed by atoms with Crippen LogP contribution < -0.4 is 5.32 Å². The minimum Gasteiger partial charge on any atom is -0.322 e. The zero-order valence-electron chi connectivity index (χ0n) is 11.1. The number of halogens is 1. The minimum atomic E-state index is -0.561. The maximum atomic E-state index is 12.1. The number of benzene rings is 2. The van der Waals surface area contributed by atoms with Crippen LogP contribution in [0.2, 0.25) is 0 Å². The van der Waals surface area contributed by atoms with E-state index in [9.17, 15) is 14.9 Å². The molecule has 108 valence electrons. The van der Waals surface area contributed by atoms with Crippen molar-refractivity contribution in [3.8, 4) is 0 Å². The molecular weight excluding hydrogens is 336 g/mol. The topological polar surface area (TPSA) is 72.2 Å². The van der Waals surface area contributed by atoms with E-state index in [1.807, 2.05) is 12.1 Å². The molecule has 0 spiro atoms. The van der Waals surface area contributed by atoms with Crippen molar-refractivity contribution in [2.45, 2.75) is 6.42 Å². The summed E-state index contributed by atoms with van der Waals surface area (Å²) in [6.07, 6.45) is 0.901. The van der Waals surface area contributed by atoms with Gasteiger partial charge in [-0.3, -0.25) is 14.9 Å². The Labute approximate surface area is 130 Å². The number of hydrogen-bond donors (Lipinski definition) is 1. The Hall–Kier alpha value is -2.21. The van der Waals surface area contributed by atoms with Gasteiger partial charge in [0.2, 0.25) is 0 Å². The van der Waals surface area contributed by atoms with E-state index < -0.39 is 10.8 Å². The lowest BCUT2D eigenvalue weighted by Gasteiger charge is -2.06. The molecule has 0 unspecified atom stereocenters. The van der Waals surface area contributed by atoms with Gasteiger partial charge in [-0.25, -0.2) is 0 Å². The number of anilines is 1. The number of hydrogen-bond acceptors (Lipinski definition) is 3. The van der Waals surface area contributed by atoms with E-state index in [4.69, 9.17) is 0 Å². The van der Waals surface area contributed by atoms with Gasteiger partial charge >= 0.3 is 0 Å². The van der Waals surface area contributed by atoms with Crippen molar-refractivity contribution in [1.29, 1.82) is 0 Å². The molecule has 0 saturated heterocycles. The molecule has 5 nitrogen and oxygen atoms in total. The van der Waals surface area contributed by atoms with Gasteiger partial charge in [0.15, 0.2) is 0 Å². The summed E-state index contributed by atoms with van der Waals surface area (Å²) in [7, 11) is 0. The van der Waals surface area contributed by atoms with Gasteiger partial charge in [0.05, 0.1) is 4.92 Å². The second-order valence-corrected chi connectivity index (χ2v) is 5.16. The lowest BCUT2D eigenvalue weighted by atomic mass is 10.1. The third-order valence-electron chi connectivity index (χ3n) is 2.94. The number of para-hydroxylation sites is 1. The molecule has 0 fully saturated rings. The summed E-state index contributed by atoms with van der Waals surface area (Å²) in [6, 6.07) is 13.3. The van der Waals surface area contributed by atoms with Crippen LogP contribution in [-0.2, 0) is 6.42 Å². The van der Waals surface area contributed by atoms with Crippen LogP contribution in [0.4, 0.5) is 11.4 Å². The number of nitrogens with one attached hydrogen (secondary N) is 1. The Morgan fingerprint density at radius 3 is 2.43 bits per heavy atom. The number of nitro groups is 1. The highest BCUT2D eigenvalue weighted by molar-refractivity contribution is 9.09. The van der Waals surface area contributed by atoms with Gasteiger partial charge in [-0.1, -0.05) is 40.2 Å². The van der Waals surface area contributed by atoms with Crippen molar-refractivity contribution in [2.75, 3.05) is 10.6 Å². The van der Waals surface area contributed by atoms with Crippen LogP contribution in [0.15, 0.2) is 48.5 Å². The van der Waals surface area contributed by atoms with Crippen LogP contribution in [0.5, 0.6) is 0 Å². The highest BCUT2D eigenvalue weighted by Gasteiger charge is 2.18. The predicted molar refractivity (Wildman–Crippen MR) is 85.0 cm³/mol. The highest BCUT2D eigenvalue weighted by Crippen LogP contribution is 2.19. The molecule has 0 aromatic heterocycles. The third-order valence-corrected chi connectivity index (χ3v) is 3.34. The Morgan fingerprint density at radius 2 is 1.81 bits per heavy atom. The Balaban J connectivity index is 2.16. The van der Waals surface area contributed by atoms with Crippen molar-refractivity contribution in [3.63, 3.8) is 0 Å². The SMILES string of the molecule is O=C(Nc1ccc(CCBr)cc1)c1ccccc1[N+](=O)[O-]. The summed E-state index contributed by atoms with van der Waals surface area (Å²) in [5, 5.41) is 14.5. The molecule has 6 heteroatoms. The first-order valence-electron chi connectivity index (χ1n) is 6.31. The van der Waals surface area contributed by atoms with Crippen LogP contribution in [0.3, 0.4) is 0 Å². The van der Waals surface area contributed by atoms with Crippen LogP contribution in [-0.4, -0.2) is 16.2 Å². The number of carbonyl (C=O) groups excluding carboxylic acids is 1. The summed E-state index contributed by atoms with van der Waals surface area (Å²) in [4.78, 5) is 22.5. The molecule has 0 radical (unpaired) electrons. The highest BCUT2D eigenvalue weighted by atomic mass is 79.9. The normalized spacial score (nSPS) is 10.1. The fourth-order valence-electron chi connectivity index (χ4n) is 1.89. The lowest BCUT2D eigenvalue weighted by molar-refractivity contribution is -0.385. The van der Waals surface area contributed by atoms with Crippen LogP contribution >= 0.6 is 15.9 Å². The van der Waals surface area contributed by atoms with Crippen LogP contribution in [0.25, 0.3) is 0 Å². The number of rotatable bonds is 5. The number of nitro benzene ring substituents is 1. The number of carbonyl (C=O) groups is 1. The van der Waals surface area contributed by atoms with E-state index in [1.54, 1.807) is 18.2 Å². The van der Waals surface area contributed by atoms with Gasteiger partial charge in [0.1, 0.15) is 5.56 Å². The quantitative estimate of drug-likeness (QED) is 0.507. The van der Waals surface area contributed by atoms with Gasteiger partial charge in [0, 0.05) is 17.1 Å².